The van der Waals surface area contributed by atoms with Crippen LogP contribution in [0.2, 0.25) is 0 Å². The topological polar surface area (TPSA) is 86.9 Å². The summed E-state index contributed by atoms with van der Waals surface area (Å²) in [6, 6.07) is 11.1. The van der Waals surface area contributed by atoms with E-state index in [0.29, 0.717) is 16.9 Å². The number of methoxy groups -OCH3 is 1. The molecule has 0 saturated carbocycles. The number of pyridine rings is 1. The predicted octanol–water partition coefficient (Wildman–Crippen LogP) is 3.18. The van der Waals surface area contributed by atoms with Gasteiger partial charge in [-0.3, -0.25) is 14.2 Å². The molecule has 8 heteroatoms. The molecular formula is C22H24N6O2. The Kier molecular flexibility index (Phi) is 4.99. The number of ether oxygens (including phenoxy) is 1. The van der Waals surface area contributed by atoms with Crippen LogP contribution in [0.15, 0.2) is 42.6 Å². The van der Waals surface area contributed by atoms with Crippen LogP contribution in [-0.2, 0) is 14.1 Å². The van der Waals surface area contributed by atoms with E-state index in [-0.39, 0.29) is 11.9 Å². The second-order valence-electron chi connectivity index (χ2n) is 7.30. The van der Waals surface area contributed by atoms with E-state index in [2.05, 4.69) is 15.5 Å². The predicted molar refractivity (Wildman–Crippen MR) is 114 cm³/mol. The molecule has 0 spiro atoms. The highest BCUT2D eigenvalue weighted by Crippen LogP contribution is 2.29. The third-order valence-electron chi connectivity index (χ3n) is 5.10. The lowest BCUT2D eigenvalue weighted by Gasteiger charge is -2.14. The number of hydrogen-bond donors (Lipinski definition) is 1. The maximum Gasteiger partial charge on any atom is 0.252 e. The minimum atomic E-state index is -0.237. The first-order valence-electron chi connectivity index (χ1n) is 9.66. The second kappa shape index (κ2) is 7.62. The number of rotatable bonds is 5. The zero-order valence-corrected chi connectivity index (χ0v) is 17.7. The fourth-order valence-electron chi connectivity index (χ4n) is 3.57. The Morgan fingerprint density at radius 1 is 1.17 bits per heavy atom. The molecule has 3 aromatic heterocycles. The van der Waals surface area contributed by atoms with Crippen molar-refractivity contribution < 1.29 is 9.53 Å². The molecule has 1 aromatic carbocycles. The van der Waals surface area contributed by atoms with Crippen LogP contribution in [0, 0.1) is 6.92 Å². The minimum absolute atomic E-state index is 0.194. The molecule has 1 N–H and O–H groups in total. The van der Waals surface area contributed by atoms with Crippen LogP contribution in [0.4, 0.5) is 0 Å². The van der Waals surface area contributed by atoms with Gasteiger partial charge < -0.3 is 10.1 Å². The average Bonchev–Trinajstić information content (AvgIpc) is 3.30. The lowest BCUT2D eigenvalue weighted by Crippen LogP contribution is -2.27. The molecule has 8 nitrogen and oxygen atoms in total. The number of fused-ring (bicyclic) bond motifs is 1. The van der Waals surface area contributed by atoms with Gasteiger partial charge in [-0.15, -0.1) is 0 Å². The van der Waals surface area contributed by atoms with Crippen LogP contribution < -0.4 is 10.1 Å². The van der Waals surface area contributed by atoms with E-state index in [9.17, 15) is 4.79 Å². The first kappa shape index (κ1) is 19.6. The molecule has 0 unspecified atom stereocenters. The van der Waals surface area contributed by atoms with E-state index in [1.54, 1.807) is 16.5 Å². The van der Waals surface area contributed by atoms with Crippen molar-refractivity contribution in [3.8, 4) is 17.0 Å². The van der Waals surface area contributed by atoms with Gasteiger partial charge in [-0.2, -0.15) is 10.2 Å². The normalized spacial score (nSPS) is 12.2. The summed E-state index contributed by atoms with van der Waals surface area (Å²) < 4.78 is 8.76. The number of hydrogen-bond acceptors (Lipinski definition) is 5. The van der Waals surface area contributed by atoms with Gasteiger partial charge >= 0.3 is 0 Å². The van der Waals surface area contributed by atoms with Gasteiger partial charge in [-0.25, -0.2) is 4.98 Å². The minimum Gasteiger partial charge on any atom is -0.497 e. The monoisotopic (exact) mass is 404 g/mol. The van der Waals surface area contributed by atoms with Gasteiger partial charge in [0.25, 0.3) is 5.91 Å². The Hall–Kier alpha value is -3.68. The van der Waals surface area contributed by atoms with Crippen molar-refractivity contribution >= 4 is 16.9 Å². The van der Waals surface area contributed by atoms with Crippen LogP contribution in [0.5, 0.6) is 5.75 Å². The van der Waals surface area contributed by atoms with E-state index in [1.807, 2.05) is 70.5 Å². The van der Waals surface area contributed by atoms with Crippen molar-refractivity contribution in [1.29, 1.82) is 0 Å². The number of aryl methyl sites for hydroxylation is 3. The number of nitrogens with one attached hydrogen (secondary N) is 1. The van der Waals surface area contributed by atoms with Crippen molar-refractivity contribution in [2.24, 2.45) is 14.1 Å². The molecule has 154 valence electrons. The van der Waals surface area contributed by atoms with Crippen molar-refractivity contribution in [2.75, 3.05) is 7.11 Å². The molecule has 0 bridgehead atoms. The number of nitrogens with zero attached hydrogens (tertiary/aromatic N) is 5. The van der Waals surface area contributed by atoms with Crippen LogP contribution >= 0.6 is 0 Å². The lowest BCUT2D eigenvalue weighted by molar-refractivity contribution is 0.0940. The molecule has 3 heterocycles. The Labute approximate surface area is 174 Å². The SMILES string of the molecule is COc1cccc(-c2cc(C(=O)N[C@@H](C)c3ccn(C)n3)c3c(C)nn(C)c3n2)c1. The highest BCUT2D eigenvalue weighted by molar-refractivity contribution is 6.07. The molecule has 0 aliphatic heterocycles. The summed E-state index contributed by atoms with van der Waals surface area (Å²) in [5.74, 6) is 0.533. The smallest absolute Gasteiger partial charge is 0.252 e. The molecule has 1 atom stereocenters. The van der Waals surface area contributed by atoms with Crippen molar-refractivity contribution in [3.05, 3.63) is 59.5 Å². The molecule has 1 amide bonds. The van der Waals surface area contributed by atoms with Gasteiger partial charge in [0, 0.05) is 25.9 Å². The summed E-state index contributed by atoms with van der Waals surface area (Å²) in [5.41, 5.74) is 4.29. The fraction of sp³-hybridized carbons (Fsp3) is 0.273. The molecule has 30 heavy (non-hydrogen) atoms. The van der Waals surface area contributed by atoms with Crippen molar-refractivity contribution in [1.82, 2.24) is 29.9 Å². The highest BCUT2D eigenvalue weighted by Gasteiger charge is 2.21. The number of amides is 1. The summed E-state index contributed by atoms with van der Waals surface area (Å²) in [7, 11) is 5.30. The summed E-state index contributed by atoms with van der Waals surface area (Å²) in [4.78, 5) is 18.1. The highest BCUT2D eigenvalue weighted by atomic mass is 16.5. The standard InChI is InChI=1S/C22H24N6O2/c1-13(18-9-10-27(3)26-18)23-22(29)17-12-19(15-7-6-8-16(11-15)30-5)24-21-20(17)14(2)25-28(21)4/h6-13H,1-5H3,(H,23,29)/t13-/m0/s1. The number of carbonyl (C=O) groups excluding carboxylic acids is 1. The maximum absolute atomic E-state index is 13.3. The lowest BCUT2D eigenvalue weighted by atomic mass is 10.0. The van der Waals surface area contributed by atoms with Crippen LogP contribution in [0.3, 0.4) is 0 Å². The number of benzene rings is 1. The summed E-state index contributed by atoms with van der Waals surface area (Å²) in [5, 5.41) is 12.7. The zero-order chi connectivity index (χ0) is 21.4. The molecule has 4 rings (SSSR count). The Balaban J connectivity index is 1.80. The first-order chi connectivity index (χ1) is 14.4. The van der Waals surface area contributed by atoms with Crippen LogP contribution in [0.25, 0.3) is 22.3 Å². The van der Waals surface area contributed by atoms with Crippen LogP contribution in [-0.4, -0.2) is 37.6 Å². The van der Waals surface area contributed by atoms with Gasteiger partial charge in [-0.1, -0.05) is 12.1 Å². The molecule has 0 aliphatic rings. The molecule has 0 saturated heterocycles. The van der Waals surface area contributed by atoms with E-state index in [1.165, 1.54) is 0 Å². The summed E-state index contributed by atoms with van der Waals surface area (Å²) in [6.07, 6.45) is 1.86. The molecule has 0 radical (unpaired) electrons. The van der Waals surface area contributed by atoms with Gasteiger partial charge in [0.1, 0.15) is 5.75 Å². The molecule has 4 aromatic rings. The molecular weight excluding hydrogens is 380 g/mol. The van der Waals surface area contributed by atoms with Crippen LogP contribution in [0.1, 0.15) is 34.7 Å². The quantitative estimate of drug-likeness (QED) is 0.552. The largest absolute Gasteiger partial charge is 0.497 e. The van der Waals surface area contributed by atoms with E-state index < -0.39 is 0 Å². The van der Waals surface area contributed by atoms with E-state index >= 15 is 0 Å². The first-order valence-corrected chi connectivity index (χ1v) is 9.66. The fourth-order valence-corrected chi connectivity index (χ4v) is 3.57. The third kappa shape index (κ3) is 3.52. The zero-order valence-electron chi connectivity index (χ0n) is 17.7. The number of aromatic nitrogens is 5. The summed E-state index contributed by atoms with van der Waals surface area (Å²) >= 11 is 0. The maximum atomic E-state index is 13.3. The second-order valence-corrected chi connectivity index (χ2v) is 7.30. The van der Waals surface area contributed by atoms with E-state index in [0.717, 1.165) is 28.1 Å². The Morgan fingerprint density at radius 2 is 1.97 bits per heavy atom. The number of carbonyl (C=O) groups is 1. The molecule has 0 fully saturated rings. The van der Waals surface area contributed by atoms with Gasteiger partial charge in [0.15, 0.2) is 5.65 Å². The average molecular weight is 404 g/mol. The van der Waals surface area contributed by atoms with Gasteiger partial charge in [-0.05, 0) is 38.1 Å². The van der Waals surface area contributed by atoms with Crippen molar-refractivity contribution in [2.45, 2.75) is 19.9 Å². The van der Waals surface area contributed by atoms with E-state index in [4.69, 9.17) is 9.72 Å². The third-order valence-corrected chi connectivity index (χ3v) is 5.10. The molecule has 0 aliphatic carbocycles. The van der Waals surface area contributed by atoms with Crippen molar-refractivity contribution in [3.63, 3.8) is 0 Å². The van der Waals surface area contributed by atoms with Gasteiger partial charge in [0.05, 0.1) is 41.2 Å². The van der Waals surface area contributed by atoms with Gasteiger partial charge in [0.2, 0.25) is 0 Å². The Bertz CT molecular complexity index is 1240. The Morgan fingerprint density at radius 3 is 2.67 bits per heavy atom. The summed E-state index contributed by atoms with van der Waals surface area (Å²) in [6.45, 7) is 3.80.